The number of carboxylic acid groups (broad SMARTS) is 1. The van der Waals surface area contributed by atoms with Crippen LogP contribution in [0.2, 0.25) is 0 Å². The van der Waals surface area contributed by atoms with Crippen LogP contribution in [0.15, 0.2) is 0 Å². The average molecular weight is 147 g/mol. The summed E-state index contributed by atoms with van der Waals surface area (Å²) in [5, 5.41) is 9.88. The highest BCUT2D eigenvalue weighted by Crippen LogP contribution is 2.16. The van der Waals surface area contributed by atoms with E-state index in [0.717, 1.165) is 11.8 Å². The van der Waals surface area contributed by atoms with Crippen LogP contribution in [0.25, 0.3) is 0 Å². The van der Waals surface area contributed by atoms with Crippen LogP contribution in [-0.4, -0.2) is 28.1 Å². The number of amides is 1. The predicted molar refractivity (Wildman–Crippen MR) is 32.4 cm³/mol. The van der Waals surface area contributed by atoms with Crippen molar-refractivity contribution in [1.82, 2.24) is 5.32 Å². The monoisotopic (exact) mass is 147 g/mol. The third kappa shape index (κ3) is 1.35. The van der Waals surface area contributed by atoms with Gasteiger partial charge >= 0.3 is 5.97 Å². The summed E-state index contributed by atoms with van der Waals surface area (Å²) < 4.78 is 0. The maximum atomic E-state index is 10.3. The molecule has 1 aliphatic rings. The highest BCUT2D eigenvalue weighted by atomic mass is 32.2. The zero-order valence-electron chi connectivity index (χ0n) is 4.46. The van der Waals surface area contributed by atoms with Gasteiger partial charge in [0.2, 0.25) is 0 Å². The summed E-state index contributed by atoms with van der Waals surface area (Å²) in [5.41, 5.74) is 0. The molecule has 4 nitrogen and oxygen atoms in total. The molecule has 1 rings (SSSR count). The quantitative estimate of drug-likeness (QED) is 0.543. The van der Waals surface area contributed by atoms with Crippen LogP contribution in [0.1, 0.15) is 0 Å². The van der Waals surface area contributed by atoms with Crippen molar-refractivity contribution >= 4 is 23.0 Å². The fraction of sp³-hybridized carbons (Fsp3) is 0.500. The first-order valence-electron chi connectivity index (χ1n) is 2.37. The van der Waals surface area contributed by atoms with Crippen LogP contribution in [-0.2, 0) is 4.79 Å². The normalized spacial score (nSPS) is 25.8. The summed E-state index contributed by atoms with van der Waals surface area (Å²) in [4.78, 5) is 20.5. The van der Waals surface area contributed by atoms with E-state index in [-0.39, 0.29) is 11.8 Å². The van der Waals surface area contributed by atoms with Gasteiger partial charge in [0.15, 0.2) is 0 Å². The number of thioether (sulfide) groups is 1. The molecule has 2 N–H and O–H groups in total. The van der Waals surface area contributed by atoms with E-state index in [0.29, 0.717) is 0 Å². The Hall–Kier alpha value is -0.710. The Morgan fingerprint density at radius 3 is 2.78 bits per heavy atom. The Kier molecular flexibility index (Phi) is 1.61. The lowest BCUT2D eigenvalue weighted by atomic mass is 10.4. The second kappa shape index (κ2) is 2.26. The molecule has 1 amide bonds. The number of carboxylic acids is 1. The topological polar surface area (TPSA) is 66.4 Å². The first-order chi connectivity index (χ1) is 4.20. The number of hydrogen-bond donors (Lipinski definition) is 2. The summed E-state index contributed by atoms with van der Waals surface area (Å²) in [6.45, 7) is 0.249. The zero-order valence-corrected chi connectivity index (χ0v) is 5.27. The number of hydrogen-bond acceptors (Lipinski definition) is 3. The summed E-state index contributed by atoms with van der Waals surface area (Å²) in [7, 11) is 0. The van der Waals surface area contributed by atoms with Crippen molar-refractivity contribution in [2.24, 2.45) is 0 Å². The first-order valence-corrected chi connectivity index (χ1v) is 3.25. The third-order valence-corrected chi connectivity index (χ3v) is 1.97. The zero-order chi connectivity index (χ0) is 6.85. The smallest absolute Gasteiger partial charge is 0.318 e. The maximum Gasteiger partial charge on any atom is 0.318 e. The van der Waals surface area contributed by atoms with E-state index < -0.39 is 11.2 Å². The average Bonchev–Trinajstić information content (AvgIpc) is 2.14. The molecule has 1 heterocycles. The molecular weight excluding hydrogens is 142 g/mol. The highest BCUT2D eigenvalue weighted by Gasteiger charge is 2.28. The van der Waals surface area contributed by atoms with E-state index in [4.69, 9.17) is 5.11 Å². The second-order valence-corrected chi connectivity index (χ2v) is 2.79. The SMILES string of the molecule is O=C1NC[C@@H](C(=O)O)S1. The minimum absolute atomic E-state index is 0.248. The molecule has 0 aliphatic carbocycles. The molecule has 0 bridgehead atoms. The summed E-state index contributed by atoms with van der Waals surface area (Å²) >= 11 is 0.824. The van der Waals surface area contributed by atoms with Gasteiger partial charge in [-0.05, 0) is 11.8 Å². The van der Waals surface area contributed by atoms with Gasteiger partial charge in [0.25, 0.3) is 5.24 Å². The summed E-state index contributed by atoms with van der Waals surface area (Å²) in [6.07, 6.45) is 0. The van der Waals surface area contributed by atoms with Crippen molar-refractivity contribution in [2.75, 3.05) is 6.54 Å². The number of rotatable bonds is 1. The molecule has 1 atom stereocenters. The number of carbonyl (C=O) groups is 2. The number of carbonyl (C=O) groups excluding carboxylic acids is 1. The van der Waals surface area contributed by atoms with Gasteiger partial charge in [0.05, 0.1) is 0 Å². The van der Waals surface area contributed by atoms with Gasteiger partial charge in [0.1, 0.15) is 5.25 Å². The van der Waals surface area contributed by atoms with Crippen molar-refractivity contribution in [3.8, 4) is 0 Å². The van der Waals surface area contributed by atoms with Crippen LogP contribution < -0.4 is 5.32 Å². The van der Waals surface area contributed by atoms with Gasteiger partial charge in [-0.1, -0.05) is 0 Å². The van der Waals surface area contributed by atoms with Crippen LogP contribution in [0, 0.1) is 0 Å². The number of aliphatic carboxylic acids is 1. The Labute approximate surface area is 55.6 Å². The van der Waals surface area contributed by atoms with Gasteiger partial charge in [-0.2, -0.15) is 0 Å². The van der Waals surface area contributed by atoms with Gasteiger partial charge in [-0.15, -0.1) is 0 Å². The lowest BCUT2D eigenvalue weighted by Crippen LogP contribution is -2.21. The number of nitrogens with one attached hydrogen (secondary N) is 1. The van der Waals surface area contributed by atoms with Gasteiger partial charge in [-0.25, -0.2) is 0 Å². The Morgan fingerprint density at radius 2 is 2.56 bits per heavy atom. The van der Waals surface area contributed by atoms with Crippen molar-refractivity contribution in [3.05, 3.63) is 0 Å². The Morgan fingerprint density at radius 1 is 1.89 bits per heavy atom. The van der Waals surface area contributed by atoms with E-state index in [1.54, 1.807) is 0 Å². The van der Waals surface area contributed by atoms with E-state index in [1.807, 2.05) is 0 Å². The molecule has 0 aromatic heterocycles. The van der Waals surface area contributed by atoms with Crippen molar-refractivity contribution in [2.45, 2.75) is 5.25 Å². The van der Waals surface area contributed by atoms with E-state index in [9.17, 15) is 9.59 Å². The highest BCUT2D eigenvalue weighted by molar-refractivity contribution is 8.15. The van der Waals surface area contributed by atoms with Gasteiger partial charge in [0, 0.05) is 6.54 Å². The van der Waals surface area contributed by atoms with Crippen molar-refractivity contribution in [3.63, 3.8) is 0 Å². The van der Waals surface area contributed by atoms with Crippen LogP contribution in [0.5, 0.6) is 0 Å². The van der Waals surface area contributed by atoms with Crippen molar-refractivity contribution < 1.29 is 14.7 Å². The fourth-order valence-corrected chi connectivity index (χ4v) is 1.22. The molecule has 50 valence electrons. The Balaban J connectivity index is 2.48. The lowest BCUT2D eigenvalue weighted by molar-refractivity contribution is -0.136. The molecule has 0 radical (unpaired) electrons. The van der Waals surface area contributed by atoms with Gasteiger partial charge in [-0.3, -0.25) is 9.59 Å². The standard InChI is InChI=1S/C4H5NO3S/c6-3(7)2-1-5-4(8)9-2/h2H,1H2,(H,5,8)(H,6,7)/t2-/m0/s1. The van der Waals surface area contributed by atoms with E-state index in [2.05, 4.69) is 5.32 Å². The second-order valence-electron chi connectivity index (χ2n) is 1.61. The third-order valence-electron chi connectivity index (χ3n) is 0.957. The molecular formula is C4H5NO3S. The molecule has 0 saturated carbocycles. The van der Waals surface area contributed by atoms with Crippen molar-refractivity contribution in [1.29, 1.82) is 0 Å². The largest absolute Gasteiger partial charge is 0.480 e. The minimum atomic E-state index is -0.932. The predicted octanol–water partition coefficient (Wildman–Crippen LogP) is -0.104. The van der Waals surface area contributed by atoms with E-state index in [1.165, 1.54) is 0 Å². The Bertz CT molecular complexity index is 158. The summed E-state index contributed by atoms with van der Waals surface area (Å²) in [5.74, 6) is -0.932. The molecule has 0 aromatic carbocycles. The first kappa shape index (κ1) is 6.41. The van der Waals surface area contributed by atoms with Gasteiger partial charge < -0.3 is 10.4 Å². The molecule has 1 saturated heterocycles. The maximum absolute atomic E-state index is 10.3. The molecule has 1 fully saturated rings. The molecule has 0 spiro atoms. The van der Waals surface area contributed by atoms with Crippen LogP contribution in [0.4, 0.5) is 4.79 Å². The molecule has 1 aliphatic heterocycles. The van der Waals surface area contributed by atoms with Crippen LogP contribution >= 0.6 is 11.8 Å². The summed E-state index contributed by atoms with van der Waals surface area (Å²) in [6, 6.07) is 0. The van der Waals surface area contributed by atoms with Crippen LogP contribution in [0.3, 0.4) is 0 Å². The lowest BCUT2D eigenvalue weighted by Gasteiger charge is -1.94. The molecule has 5 heteroatoms. The molecule has 0 aromatic rings. The van der Waals surface area contributed by atoms with E-state index >= 15 is 0 Å². The molecule has 9 heavy (non-hydrogen) atoms. The molecule has 0 unspecified atom stereocenters. The fourth-order valence-electron chi connectivity index (χ4n) is 0.526. The minimum Gasteiger partial charge on any atom is -0.480 e.